The first-order valence-electron chi connectivity index (χ1n) is 7.62. The van der Waals surface area contributed by atoms with Gasteiger partial charge in [-0.25, -0.2) is 13.6 Å². The molecular weight excluding hydrogens is 302 g/mol. The van der Waals surface area contributed by atoms with Gasteiger partial charge >= 0.3 is 6.09 Å². The summed E-state index contributed by atoms with van der Waals surface area (Å²) in [6.45, 7) is 4.35. The van der Waals surface area contributed by atoms with Crippen molar-refractivity contribution >= 4 is 6.09 Å². The van der Waals surface area contributed by atoms with Gasteiger partial charge in [-0.15, -0.1) is 0 Å². The molecule has 1 fully saturated rings. The van der Waals surface area contributed by atoms with Gasteiger partial charge in [-0.1, -0.05) is 6.07 Å². The smallest absolute Gasteiger partial charge is 0.410 e. The summed E-state index contributed by atoms with van der Waals surface area (Å²) in [5, 5.41) is 8.87. The van der Waals surface area contributed by atoms with Crippen molar-refractivity contribution in [3.63, 3.8) is 0 Å². The summed E-state index contributed by atoms with van der Waals surface area (Å²) in [5.41, 5.74) is -0.616. The summed E-state index contributed by atoms with van der Waals surface area (Å²) < 4.78 is 32.2. The van der Waals surface area contributed by atoms with Crippen LogP contribution in [-0.2, 0) is 11.2 Å². The number of carbonyl (C=O) groups is 1. The second-order valence-corrected chi connectivity index (χ2v) is 6.43. The highest BCUT2D eigenvalue weighted by Crippen LogP contribution is 2.23. The summed E-state index contributed by atoms with van der Waals surface area (Å²) in [4.78, 5) is 13.8. The van der Waals surface area contributed by atoms with Crippen LogP contribution in [-0.4, -0.2) is 29.7 Å². The van der Waals surface area contributed by atoms with Crippen LogP contribution >= 0.6 is 0 Å². The average molecular weight is 322 g/mol. The van der Waals surface area contributed by atoms with Crippen molar-refractivity contribution in [3.8, 4) is 6.07 Å². The zero-order valence-corrected chi connectivity index (χ0v) is 13.3. The third-order valence-corrected chi connectivity index (χ3v) is 3.93. The molecule has 1 aliphatic heterocycles. The molecule has 6 heteroatoms. The molecule has 0 atom stereocenters. The molecule has 0 aromatic heterocycles. The van der Waals surface area contributed by atoms with Crippen molar-refractivity contribution < 1.29 is 18.3 Å². The molecule has 1 aliphatic rings. The van der Waals surface area contributed by atoms with E-state index in [1.165, 1.54) is 12.1 Å². The number of hydrogen-bond acceptors (Lipinski definition) is 3. The largest absolute Gasteiger partial charge is 0.443 e. The summed E-state index contributed by atoms with van der Waals surface area (Å²) in [6, 6.07) is 5.57. The SMILES string of the molecule is CC(C)(Cc1ccc(F)cc1F)OC(=O)N1CCC(C#N)CC1. The maximum Gasteiger partial charge on any atom is 0.410 e. The summed E-state index contributed by atoms with van der Waals surface area (Å²) >= 11 is 0. The van der Waals surface area contributed by atoms with E-state index in [1.54, 1.807) is 18.7 Å². The van der Waals surface area contributed by atoms with Crippen molar-refractivity contribution in [1.29, 1.82) is 5.26 Å². The molecule has 0 saturated carbocycles. The fourth-order valence-electron chi connectivity index (χ4n) is 2.65. The van der Waals surface area contributed by atoms with Crippen molar-refractivity contribution in [3.05, 3.63) is 35.4 Å². The number of halogens is 2. The molecule has 1 amide bonds. The topological polar surface area (TPSA) is 53.3 Å². The lowest BCUT2D eigenvalue weighted by Crippen LogP contribution is -2.43. The van der Waals surface area contributed by atoms with Crippen LogP contribution in [0.25, 0.3) is 0 Å². The van der Waals surface area contributed by atoms with Crippen molar-refractivity contribution in [2.75, 3.05) is 13.1 Å². The van der Waals surface area contributed by atoms with Crippen LogP contribution in [0.2, 0.25) is 0 Å². The first-order chi connectivity index (χ1) is 10.8. The maximum absolute atomic E-state index is 13.7. The number of likely N-dealkylation sites (tertiary alicyclic amines) is 1. The molecule has 0 bridgehead atoms. The lowest BCUT2D eigenvalue weighted by molar-refractivity contribution is 0.00893. The van der Waals surface area contributed by atoms with Gasteiger partial charge in [0.05, 0.1) is 6.07 Å². The van der Waals surface area contributed by atoms with E-state index in [9.17, 15) is 13.6 Å². The Kier molecular flexibility index (Phi) is 5.19. The van der Waals surface area contributed by atoms with Crippen LogP contribution in [0.3, 0.4) is 0 Å². The number of rotatable bonds is 3. The number of hydrogen-bond donors (Lipinski definition) is 0. The normalized spacial score (nSPS) is 16.0. The van der Waals surface area contributed by atoms with Crippen LogP contribution in [0.4, 0.5) is 13.6 Å². The van der Waals surface area contributed by atoms with Crippen molar-refractivity contribution in [2.45, 2.75) is 38.7 Å². The Morgan fingerprint density at radius 3 is 2.61 bits per heavy atom. The Hall–Kier alpha value is -2.16. The quantitative estimate of drug-likeness (QED) is 0.853. The summed E-state index contributed by atoms with van der Waals surface area (Å²) in [7, 11) is 0. The predicted octanol–water partition coefficient (Wildman–Crippen LogP) is 3.66. The number of nitriles is 1. The van der Waals surface area contributed by atoms with Gasteiger partial charge in [0, 0.05) is 31.5 Å². The predicted molar refractivity (Wildman–Crippen MR) is 80.5 cm³/mol. The Labute approximate surface area is 134 Å². The molecule has 1 heterocycles. The van der Waals surface area contributed by atoms with E-state index in [-0.39, 0.29) is 12.3 Å². The molecule has 0 radical (unpaired) electrons. The number of nitrogens with zero attached hydrogens (tertiary/aromatic N) is 2. The highest BCUT2D eigenvalue weighted by Gasteiger charge is 2.30. The van der Waals surface area contributed by atoms with Crippen LogP contribution in [0.15, 0.2) is 18.2 Å². The molecule has 0 spiro atoms. The van der Waals surface area contributed by atoms with Crippen LogP contribution in [0, 0.1) is 28.9 Å². The molecule has 124 valence electrons. The van der Waals surface area contributed by atoms with Gasteiger partial charge in [0.2, 0.25) is 0 Å². The lowest BCUT2D eigenvalue weighted by atomic mass is 9.97. The van der Waals surface area contributed by atoms with Crippen molar-refractivity contribution in [1.82, 2.24) is 4.90 Å². The molecule has 4 nitrogen and oxygen atoms in total. The highest BCUT2D eigenvalue weighted by atomic mass is 19.1. The van der Waals surface area contributed by atoms with E-state index in [2.05, 4.69) is 6.07 Å². The fourth-order valence-corrected chi connectivity index (χ4v) is 2.65. The number of carbonyl (C=O) groups excluding carboxylic acids is 1. The van der Waals surface area contributed by atoms with E-state index >= 15 is 0 Å². The van der Waals surface area contributed by atoms with Gasteiger partial charge in [0.25, 0.3) is 0 Å². The number of ether oxygens (including phenoxy) is 1. The average Bonchev–Trinajstić information content (AvgIpc) is 2.49. The van der Waals surface area contributed by atoms with E-state index in [4.69, 9.17) is 10.00 Å². The van der Waals surface area contributed by atoms with Crippen molar-refractivity contribution in [2.24, 2.45) is 5.92 Å². The standard InChI is InChI=1S/C17H20F2N2O2/c1-17(2,10-13-3-4-14(18)9-15(13)19)23-16(22)21-7-5-12(11-20)6-8-21/h3-4,9,12H,5-8,10H2,1-2H3. The van der Waals surface area contributed by atoms with E-state index in [0.29, 0.717) is 31.5 Å². The van der Waals surface area contributed by atoms with Gasteiger partial charge in [-0.3, -0.25) is 0 Å². The second kappa shape index (κ2) is 6.95. The molecule has 0 N–H and O–H groups in total. The molecule has 0 aliphatic carbocycles. The monoisotopic (exact) mass is 322 g/mol. The minimum Gasteiger partial charge on any atom is -0.443 e. The zero-order chi connectivity index (χ0) is 17.0. The molecule has 1 aromatic rings. The van der Waals surface area contributed by atoms with Gasteiger partial charge in [0.15, 0.2) is 0 Å². The molecule has 2 rings (SSSR count). The van der Waals surface area contributed by atoms with Crippen LogP contribution in [0.1, 0.15) is 32.3 Å². The van der Waals surface area contributed by atoms with Gasteiger partial charge in [0.1, 0.15) is 17.2 Å². The molecule has 1 aromatic carbocycles. The maximum atomic E-state index is 13.7. The number of amides is 1. The third-order valence-electron chi connectivity index (χ3n) is 3.93. The highest BCUT2D eigenvalue weighted by molar-refractivity contribution is 5.68. The molecule has 23 heavy (non-hydrogen) atoms. The van der Waals surface area contributed by atoms with E-state index < -0.39 is 23.3 Å². The Morgan fingerprint density at radius 1 is 1.39 bits per heavy atom. The lowest BCUT2D eigenvalue weighted by Gasteiger charge is -2.33. The Bertz CT molecular complexity index is 618. The molecular formula is C17H20F2N2O2. The third kappa shape index (κ3) is 4.65. The first-order valence-corrected chi connectivity index (χ1v) is 7.62. The van der Waals surface area contributed by atoms with E-state index in [1.807, 2.05) is 0 Å². The van der Waals surface area contributed by atoms with E-state index in [0.717, 1.165) is 6.07 Å². The summed E-state index contributed by atoms with van der Waals surface area (Å²) in [6.07, 6.45) is 0.963. The summed E-state index contributed by atoms with van der Waals surface area (Å²) in [5.74, 6) is -1.30. The minimum absolute atomic E-state index is 0.0135. The minimum atomic E-state index is -0.915. The van der Waals surface area contributed by atoms with Crippen LogP contribution in [0.5, 0.6) is 0 Å². The van der Waals surface area contributed by atoms with Crippen LogP contribution < -0.4 is 0 Å². The number of piperidine rings is 1. The number of benzene rings is 1. The first kappa shape index (κ1) is 17.2. The van der Waals surface area contributed by atoms with Gasteiger partial charge in [-0.2, -0.15) is 5.26 Å². The van der Waals surface area contributed by atoms with Gasteiger partial charge in [-0.05, 0) is 38.3 Å². The second-order valence-electron chi connectivity index (χ2n) is 6.43. The zero-order valence-electron chi connectivity index (χ0n) is 13.3. The van der Waals surface area contributed by atoms with Gasteiger partial charge < -0.3 is 9.64 Å². The Morgan fingerprint density at radius 2 is 2.04 bits per heavy atom. The Balaban J connectivity index is 1.95. The fraction of sp³-hybridized carbons (Fsp3) is 0.529. The molecule has 0 unspecified atom stereocenters. The molecule has 1 saturated heterocycles.